The van der Waals surface area contributed by atoms with Crippen LogP contribution < -0.4 is 16.8 Å². The molecule has 0 spiro atoms. The second kappa shape index (κ2) is 4.65. The first-order valence-corrected chi connectivity index (χ1v) is 4.92. The summed E-state index contributed by atoms with van der Waals surface area (Å²) in [5.74, 6) is 4.76. The van der Waals surface area contributed by atoms with E-state index in [0.29, 0.717) is 5.56 Å². The topological polar surface area (TPSA) is 108 Å². The zero-order chi connectivity index (χ0) is 13.1. The number of benzene rings is 1. The van der Waals surface area contributed by atoms with E-state index in [4.69, 9.17) is 11.1 Å². The Labute approximate surface area is 101 Å². The lowest BCUT2D eigenvalue weighted by molar-refractivity contribution is 0.628. The Balaban J connectivity index is 2.69. The molecule has 0 aliphatic heterocycles. The molecule has 0 atom stereocenters. The van der Waals surface area contributed by atoms with Crippen molar-refractivity contribution >= 4 is 5.95 Å². The summed E-state index contributed by atoms with van der Waals surface area (Å²) in [6, 6.07) is 7.05. The summed E-state index contributed by atoms with van der Waals surface area (Å²) < 4.78 is 12.8. The van der Waals surface area contributed by atoms with Gasteiger partial charge < -0.3 is 0 Å². The molecule has 2 aromatic rings. The Kier molecular flexibility index (Phi) is 3.03. The van der Waals surface area contributed by atoms with Gasteiger partial charge in [-0.25, -0.2) is 15.2 Å². The number of nitriles is 1. The van der Waals surface area contributed by atoms with Crippen LogP contribution in [0.15, 0.2) is 29.1 Å². The predicted molar refractivity (Wildman–Crippen MR) is 62.8 cm³/mol. The lowest BCUT2D eigenvalue weighted by Crippen LogP contribution is -2.20. The van der Waals surface area contributed by atoms with E-state index in [0.717, 1.165) is 0 Å². The van der Waals surface area contributed by atoms with E-state index in [9.17, 15) is 9.18 Å². The summed E-state index contributed by atoms with van der Waals surface area (Å²) in [6.07, 6.45) is 0. The van der Waals surface area contributed by atoms with Crippen LogP contribution in [0.5, 0.6) is 0 Å². The largest absolute Gasteiger partial charge is 0.294 e. The Bertz CT molecular complexity index is 671. The van der Waals surface area contributed by atoms with Crippen molar-refractivity contribution in [3.05, 3.63) is 46.0 Å². The number of nitrogens with zero attached hydrogens (tertiary/aromatic N) is 2. The molecule has 1 heterocycles. The van der Waals surface area contributed by atoms with Gasteiger partial charge in [0.25, 0.3) is 5.56 Å². The molecule has 0 aliphatic carbocycles. The van der Waals surface area contributed by atoms with Crippen LogP contribution in [0.3, 0.4) is 0 Å². The zero-order valence-corrected chi connectivity index (χ0v) is 9.07. The van der Waals surface area contributed by atoms with Crippen molar-refractivity contribution in [1.29, 1.82) is 5.26 Å². The van der Waals surface area contributed by atoms with Gasteiger partial charge in [0.1, 0.15) is 17.4 Å². The average Bonchev–Trinajstić information content (AvgIpc) is 2.38. The summed E-state index contributed by atoms with van der Waals surface area (Å²) in [6.45, 7) is 0. The molecule has 4 N–H and O–H groups in total. The maximum atomic E-state index is 12.8. The fourth-order valence-electron chi connectivity index (χ4n) is 1.46. The van der Waals surface area contributed by atoms with Gasteiger partial charge in [-0.15, -0.1) is 0 Å². The van der Waals surface area contributed by atoms with Gasteiger partial charge in [-0.1, -0.05) is 0 Å². The van der Waals surface area contributed by atoms with Gasteiger partial charge in [0.05, 0.1) is 5.69 Å². The van der Waals surface area contributed by atoms with Crippen molar-refractivity contribution in [2.24, 2.45) is 5.84 Å². The highest BCUT2D eigenvalue weighted by atomic mass is 19.1. The SMILES string of the molecule is N#Cc1c(-c2ccc(F)cc2)nc(NN)[nH]c1=O. The standard InChI is InChI=1S/C11H8FN5O/c12-7-3-1-6(2-4-7)9-8(5-13)10(18)16-11(15-9)17-14/h1-4H,14H2,(H2,15,16,17,18). The third-order valence-electron chi connectivity index (χ3n) is 2.29. The van der Waals surface area contributed by atoms with Crippen molar-refractivity contribution < 1.29 is 4.39 Å². The molecule has 0 bridgehead atoms. The highest BCUT2D eigenvalue weighted by Crippen LogP contribution is 2.19. The fraction of sp³-hybridized carbons (Fsp3) is 0. The number of aromatic amines is 1. The predicted octanol–water partition coefficient (Wildman–Crippen LogP) is 0.733. The summed E-state index contributed by atoms with van der Waals surface area (Å²) >= 11 is 0. The second-order valence-electron chi connectivity index (χ2n) is 3.40. The maximum Gasteiger partial charge on any atom is 0.270 e. The summed E-state index contributed by atoms with van der Waals surface area (Å²) in [5.41, 5.74) is 2.03. The first-order valence-electron chi connectivity index (χ1n) is 4.92. The number of hydrogen-bond acceptors (Lipinski definition) is 5. The third kappa shape index (κ3) is 2.05. The Hall–Kier alpha value is -2.72. The van der Waals surface area contributed by atoms with Gasteiger partial charge in [-0.05, 0) is 24.3 Å². The molecular weight excluding hydrogens is 237 g/mol. The smallest absolute Gasteiger partial charge is 0.270 e. The third-order valence-corrected chi connectivity index (χ3v) is 2.29. The molecule has 6 nitrogen and oxygen atoms in total. The number of rotatable bonds is 2. The molecule has 0 saturated carbocycles. The molecule has 0 saturated heterocycles. The first kappa shape index (κ1) is 11.8. The van der Waals surface area contributed by atoms with E-state index in [-0.39, 0.29) is 17.2 Å². The summed E-state index contributed by atoms with van der Waals surface area (Å²) in [7, 11) is 0. The van der Waals surface area contributed by atoms with E-state index < -0.39 is 11.4 Å². The minimum Gasteiger partial charge on any atom is -0.294 e. The fourth-order valence-corrected chi connectivity index (χ4v) is 1.46. The van der Waals surface area contributed by atoms with Gasteiger partial charge in [0, 0.05) is 5.56 Å². The molecule has 1 aromatic heterocycles. The van der Waals surface area contributed by atoms with Gasteiger partial charge in [0.2, 0.25) is 5.95 Å². The molecular formula is C11H8FN5O. The number of nitrogens with one attached hydrogen (secondary N) is 2. The van der Waals surface area contributed by atoms with E-state index in [1.165, 1.54) is 24.3 Å². The molecule has 0 fully saturated rings. The molecule has 18 heavy (non-hydrogen) atoms. The van der Waals surface area contributed by atoms with Crippen LogP contribution in [0.4, 0.5) is 10.3 Å². The molecule has 7 heteroatoms. The molecule has 2 rings (SSSR count). The lowest BCUT2D eigenvalue weighted by Gasteiger charge is -2.05. The second-order valence-corrected chi connectivity index (χ2v) is 3.40. The lowest BCUT2D eigenvalue weighted by atomic mass is 10.1. The van der Waals surface area contributed by atoms with E-state index in [1.54, 1.807) is 6.07 Å². The Morgan fingerprint density at radius 2 is 2.06 bits per heavy atom. The number of hydrazine groups is 1. The first-order chi connectivity index (χ1) is 8.65. The number of hydrogen-bond donors (Lipinski definition) is 3. The molecule has 90 valence electrons. The van der Waals surface area contributed by atoms with Crippen LogP contribution in [0.25, 0.3) is 11.3 Å². The minimum atomic E-state index is -0.611. The van der Waals surface area contributed by atoms with Crippen LogP contribution in [0.2, 0.25) is 0 Å². The van der Waals surface area contributed by atoms with Gasteiger partial charge >= 0.3 is 0 Å². The van der Waals surface area contributed by atoms with E-state index >= 15 is 0 Å². The number of H-pyrrole nitrogens is 1. The minimum absolute atomic E-state index is 0.0262. The average molecular weight is 245 g/mol. The Morgan fingerprint density at radius 3 is 2.61 bits per heavy atom. The van der Waals surface area contributed by atoms with Crippen molar-refractivity contribution in [2.75, 3.05) is 5.43 Å². The molecule has 0 aliphatic rings. The molecule has 1 aromatic carbocycles. The highest BCUT2D eigenvalue weighted by Gasteiger charge is 2.12. The molecule has 0 amide bonds. The molecule has 0 radical (unpaired) electrons. The normalized spacial score (nSPS) is 9.83. The van der Waals surface area contributed by atoms with Gasteiger partial charge in [-0.2, -0.15) is 5.26 Å². The summed E-state index contributed by atoms with van der Waals surface area (Å²) in [5, 5.41) is 8.94. The van der Waals surface area contributed by atoms with Crippen molar-refractivity contribution in [3.8, 4) is 17.3 Å². The number of nitrogens with two attached hydrogens (primary N) is 1. The number of nitrogen functional groups attached to an aromatic ring is 1. The van der Waals surface area contributed by atoms with Crippen molar-refractivity contribution in [2.45, 2.75) is 0 Å². The molecule has 0 unspecified atom stereocenters. The number of aromatic nitrogens is 2. The highest BCUT2D eigenvalue weighted by molar-refractivity contribution is 5.66. The van der Waals surface area contributed by atoms with Crippen LogP contribution in [0.1, 0.15) is 5.56 Å². The Morgan fingerprint density at radius 1 is 1.39 bits per heavy atom. The van der Waals surface area contributed by atoms with E-state index in [2.05, 4.69) is 15.4 Å². The van der Waals surface area contributed by atoms with Crippen LogP contribution >= 0.6 is 0 Å². The van der Waals surface area contributed by atoms with Crippen LogP contribution in [-0.2, 0) is 0 Å². The van der Waals surface area contributed by atoms with Crippen molar-refractivity contribution in [3.63, 3.8) is 0 Å². The summed E-state index contributed by atoms with van der Waals surface area (Å²) in [4.78, 5) is 17.9. The number of halogens is 1. The van der Waals surface area contributed by atoms with Crippen molar-refractivity contribution in [1.82, 2.24) is 9.97 Å². The van der Waals surface area contributed by atoms with Gasteiger partial charge in [-0.3, -0.25) is 15.2 Å². The van der Waals surface area contributed by atoms with Crippen LogP contribution in [-0.4, -0.2) is 9.97 Å². The zero-order valence-electron chi connectivity index (χ0n) is 9.07. The number of anilines is 1. The monoisotopic (exact) mass is 245 g/mol. The quantitative estimate of drug-likeness (QED) is 0.534. The van der Waals surface area contributed by atoms with Crippen LogP contribution in [0, 0.1) is 17.1 Å². The maximum absolute atomic E-state index is 12.8. The van der Waals surface area contributed by atoms with E-state index in [1.807, 2.05) is 0 Å². The van der Waals surface area contributed by atoms with Gasteiger partial charge in [0.15, 0.2) is 0 Å².